The summed E-state index contributed by atoms with van der Waals surface area (Å²) in [6.07, 6.45) is 2.76. The number of carbonyl (C=O) groups is 2. The maximum Gasteiger partial charge on any atom is 0.256 e. The third-order valence-corrected chi connectivity index (χ3v) is 4.44. The van der Waals surface area contributed by atoms with E-state index in [1.807, 2.05) is 36.6 Å². The third-order valence-electron chi connectivity index (χ3n) is 3.64. The second-order valence-electron chi connectivity index (χ2n) is 5.03. The van der Waals surface area contributed by atoms with Crippen molar-refractivity contribution in [2.75, 3.05) is 18.1 Å². The Labute approximate surface area is 133 Å². The van der Waals surface area contributed by atoms with Gasteiger partial charge in [0.15, 0.2) is 0 Å². The Balaban J connectivity index is 1.85. The zero-order chi connectivity index (χ0) is 15.5. The van der Waals surface area contributed by atoms with Crippen molar-refractivity contribution in [3.05, 3.63) is 59.2 Å². The van der Waals surface area contributed by atoms with Gasteiger partial charge in [0, 0.05) is 22.7 Å². The fourth-order valence-electron chi connectivity index (χ4n) is 2.52. The minimum Gasteiger partial charge on any atom is -0.352 e. The molecule has 0 fully saturated rings. The van der Waals surface area contributed by atoms with Gasteiger partial charge in [-0.05, 0) is 42.5 Å². The smallest absolute Gasteiger partial charge is 0.256 e. The molecule has 5 heteroatoms. The molecule has 3 rings (SSSR count). The Hall–Kier alpha value is -2.27. The number of fused-ring (bicyclic) bond motifs is 1. The molecule has 22 heavy (non-hydrogen) atoms. The molecule has 2 aromatic rings. The Morgan fingerprint density at radius 2 is 2.05 bits per heavy atom. The molecule has 1 heterocycles. The summed E-state index contributed by atoms with van der Waals surface area (Å²) < 4.78 is 0. The zero-order valence-corrected chi connectivity index (χ0v) is 13.0. The second-order valence-corrected chi connectivity index (χ2v) is 5.88. The first kappa shape index (κ1) is 14.7. The highest BCUT2D eigenvalue weighted by molar-refractivity contribution is 7.98. The molecule has 0 atom stereocenters. The predicted molar refractivity (Wildman–Crippen MR) is 88.7 cm³/mol. The van der Waals surface area contributed by atoms with Crippen LogP contribution >= 0.6 is 11.8 Å². The van der Waals surface area contributed by atoms with E-state index in [2.05, 4.69) is 10.6 Å². The van der Waals surface area contributed by atoms with Crippen LogP contribution in [0.15, 0.2) is 47.4 Å². The number of thioether (sulfide) groups is 1. The molecule has 0 saturated carbocycles. The van der Waals surface area contributed by atoms with Gasteiger partial charge in [0.25, 0.3) is 11.8 Å². The monoisotopic (exact) mass is 312 g/mol. The van der Waals surface area contributed by atoms with E-state index in [1.54, 1.807) is 12.1 Å². The minimum absolute atomic E-state index is 0.0816. The summed E-state index contributed by atoms with van der Waals surface area (Å²) in [7, 11) is 0. The summed E-state index contributed by atoms with van der Waals surface area (Å²) in [5, 5.41) is 5.69. The molecule has 2 aromatic carbocycles. The van der Waals surface area contributed by atoms with Crippen molar-refractivity contribution in [3.63, 3.8) is 0 Å². The summed E-state index contributed by atoms with van der Waals surface area (Å²) >= 11 is 1.53. The fourth-order valence-corrected chi connectivity index (χ4v) is 3.12. The van der Waals surface area contributed by atoms with E-state index in [9.17, 15) is 9.59 Å². The average molecular weight is 312 g/mol. The van der Waals surface area contributed by atoms with Crippen LogP contribution in [0.3, 0.4) is 0 Å². The number of hydrogen-bond donors (Lipinski definition) is 2. The van der Waals surface area contributed by atoms with Crippen LogP contribution < -0.4 is 10.6 Å². The molecular formula is C17H16N2O2S. The highest BCUT2D eigenvalue weighted by Gasteiger charge is 2.18. The van der Waals surface area contributed by atoms with Gasteiger partial charge in [-0.1, -0.05) is 18.2 Å². The molecule has 0 radical (unpaired) electrons. The van der Waals surface area contributed by atoms with Crippen molar-refractivity contribution in [3.8, 4) is 0 Å². The molecular weight excluding hydrogens is 296 g/mol. The van der Waals surface area contributed by atoms with Crippen LogP contribution in [0, 0.1) is 0 Å². The molecule has 0 saturated heterocycles. The van der Waals surface area contributed by atoms with Crippen molar-refractivity contribution in [1.29, 1.82) is 0 Å². The Morgan fingerprint density at radius 3 is 2.86 bits per heavy atom. The number of anilines is 1. The van der Waals surface area contributed by atoms with Crippen LogP contribution in [0.2, 0.25) is 0 Å². The molecule has 1 aliphatic rings. The summed E-state index contributed by atoms with van der Waals surface area (Å²) in [6.45, 7) is 0.665. The van der Waals surface area contributed by atoms with E-state index < -0.39 is 0 Å². The van der Waals surface area contributed by atoms with Crippen LogP contribution in [-0.2, 0) is 6.42 Å². The number of benzene rings is 2. The number of hydrogen-bond acceptors (Lipinski definition) is 3. The first-order valence-electron chi connectivity index (χ1n) is 7.04. The van der Waals surface area contributed by atoms with Crippen molar-refractivity contribution in [2.24, 2.45) is 0 Å². The maximum absolute atomic E-state index is 12.4. The first-order valence-corrected chi connectivity index (χ1v) is 8.27. The van der Waals surface area contributed by atoms with Gasteiger partial charge in [-0.3, -0.25) is 9.59 Å². The lowest BCUT2D eigenvalue weighted by molar-refractivity contribution is 0.0944. The number of rotatable bonds is 3. The molecule has 0 aromatic heterocycles. The van der Waals surface area contributed by atoms with E-state index in [1.165, 1.54) is 11.8 Å². The highest BCUT2D eigenvalue weighted by atomic mass is 32.2. The van der Waals surface area contributed by atoms with Gasteiger partial charge in [-0.15, -0.1) is 11.8 Å². The van der Waals surface area contributed by atoms with Crippen LogP contribution in [0.1, 0.15) is 26.3 Å². The molecule has 4 nitrogen and oxygen atoms in total. The Bertz CT molecular complexity index is 743. The molecule has 1 aliphatic heterocycles. The number of carbonyl (C=O) groups excluding carboxylic acids is 2. The molecule has 2 amide bonds. The van der Waals surface area contributed by atoms with E-state index in [0.717, 1.165) is 16.9 Å². The van der Waals surface area contributed by atoms with E-state index >= 15 is 0 Å². The third kappa shape index (κ3) is 2.85. The van der Waals surface area contributed by atoms with E-state index in [0.29, 0.717) is 23.4 Å². The lowest BCUT2D eigenvalue weighted by Gasteiger charge is -2.17. The average Bonchev–Trinajstić information content (AvgIpc) is 2.55. The lowest BCUT2D eigenvalue weighted by Crippen LogP contribution is -2.31. The van der Waals surface area contributed by atoms with Crippen molar-refractivity contribution in [2.45, 2.75) is 11.3 Å². The quantitative estimate of drug-likeness (QED) is 0.857. The first-order chi connectivity index (χ1) is 10.7. The van der Waals surface area contributed by atoms with Crippen molar-refractivity contribution < 1.29 is 9.59 Å². The van der Waals surface area contributed by atoms with Crippen LogP contribution in [-0.4, -0.2) is 24.6 Å². The second kappa shape index (κ2) is 6.23. The topological polar surface area (TPSA) is 58.2 Å². The summed E-state index contributed by atoms with van der Waals surface area (Å²) in [4.78, 5) is 25.2. The van der Waals surface area contributed by atoms with Crippen LogP contribution in [0.25, 0.3) is 0 Å². The maximum atomic E-state index is 12.4. The SMILES string of the molecule is CSc1ccccc1C(=O)Nc1ccc2c(c1)C(=O)NCC2. The van der Waals surface area contributed by atoms with Gasteiger partial charge in [-0.2, -0.15) is 0 Å². The predicted octanol–water partition coefficient (Wildman–Crippen LogP) is 2.95. The van der Waals surface area contributed by atoms with Gasteiger partial charge in [0.1, 0.15) is 0 Å². The number of nitrogens with one attached hydrogen (secondary N) is 2. The Morgan fingerprint density at radius 1 is 1.23 bits per heavy atom. The standard InChI is InChI=1S/C17H16N2O2S/c1-22-15-5-3-2-4-13(15)17(21)19-12-7-6-11-8-9-18-16(20)14(11)10-12/h2-7,10H,8-9H2,1H3,(H,18,20)(H,19,21). The summed E-state index contributed by atoms with van der Waals surface area (Å²) in [5.41, 5.74) is 2.93. The summed E-state index contributed by atoms with van der Waals surface area (Å²) in [5.74, 6) is -0.247. The number of amides is 2. The lowest BCUT2D eigenvalue weighted by atomic mass is 10.00. The Kier molecular flexibility index (Phi) is 4.15. The van der Waals surface area contributed by atoms with Gasteiger partial charge < -0.3 is 10.6 Å². The van der Waals surface area contributed by atoms with Gasteiger partial charge in [0.05, 0.1) is 5.56 Å². The normalized spacial score (nSPS) is 13.2. The van der Waals surface area contributed by atoms with Gasteiger partial charge in [-0.25, -0.2) is 0 Å². The zero-order valence-electron chi connectivity index (χ0n) is 12.2. The molecule has 0 bridgehead atoms. The van der Waals surface area contributed by atoms with Crippen molar-refractivity contribution in [1.82, 2.24) is 5.32 Å². The molecule has 2 N–H and O–H groups in total. The van der Waals surface area contributed by atoms with Crippen LogP contribution in [0.4, 0.5) is 5.69 Å². The minimum atomic E-state index is -0.166. The summed E-state index contributed by atoms with van der Waals surface area (Å²) in [6, 6.07) is 13.0. The molecule has 0 unspecified atom stereocenters. The van der Waals surface area contributed by atoms with Gasteiger partial charge >= 0.3 is 0 Å². The largest absolute Gasteiger partial charge is 0.352 e. The fraction of sp³-hybridized carbons (Fsp3) is 0.176. The van der Waals surface area contributed by atoms with Crippen molar-refractivity contribution >= 4 is 29.3 Å². The highest BCUT2D eigenvalue weighted by Crippen LogP contribution is 2.23. The molecule has 0 aliphatic carbocycles. The molecule has 0 spiro atoms. The molecule has 112 valence electrons. The van der Waals surface area contributed by atoms with E-state index in [4.69, 9.17) is 0 Å². The van der Waals surface area contributed by atoms with Gasteiger partial charge in [0.2, 0.25) is 0 Å². The van der Waals surface area contributed by atoms with E-state index in [-0.39, 0.29) is 11.8 Å². The van der Waals surface area contributed by atoms with Crippen LogP contribution in [0.5, 0.6) is 0 Å².